The van der Waals surface area contributed by atoms with Crippen LogP contribution < -0.4 is 20.1 Å². The van der Waals surface area contributed by atoms with E-state index in [9.17, 15) is 18.0 Å². The van der Waals surface area contributed by atoms with Crippen molar-refractivity contribution in [3.05, 3.63) is 84.9 Å². The number of ether oxygens (including phenoxy) is 2. The van der Waals surface area contributed by atoms with Crippen LogP contribution in [-0.4, -0.2) is 26.9 Å². The van der Waals surface area contributed by atoms with Crippen LogP contribution in [0.25, 0.3) is 5.82 Å². The second-order valence-corrected chi connectivity index (χ2v) is 6.98. The summed E-state index contributed by atoms with van der Waals surface area (Å²) < 4.78 is 48.1. The van der Waals surface area contributed by atoms with E-state index in [-0.39, 0.29) is 5.75 Å². The Kier molecular flexibility index (Phi) is 6.35. The van der Waals surface area contributed by atoms with Crippen molar-refractivity contribution in [2.75, 3.05) is 10.6 Å². The number of anilines is 2. The summed E-state index contributed by atoms with van der Waals surface area (Å²) >= 11 is 0. The monoisotopic (exact) mass is 469 g/mol. The van der Waals surface area contributed by atoms with Crippen LogP contribution in [0.2, 0.25) is 0 Å². The summed E-state index contributed by atoms with van der Waals surface area (Å²) in [6, 6.07) is 16.3. The first-order valence-electron chi connectivity index (χ1n) is 9.94. The molecule has 174 valence electrons. The molecule has 0 aliphatic rings. The molecule has 0 saturated carbocycles. The van der Waals surface area contributed by atoms with Gasteiger partial charge in [-0.15, -0.1) is 13.2 Å². The van der Waals surface area contributed by atoms with Gasteiger partial charge in [0.15, 0.2) is 0 Å². The summed E-state index contributed by atoms with van der Waals surface area (Å²) in [5, 5.41) is 5.15. The Balaban J connectivity index is 1.34. The Morgan fingerprint density at radius 2 is 1.44 bits per heavy atom. The van der Waals surface area contributed by atoms with Gasteiger partial charge in [-0.3, -0.25) is 0 Å². The van der Waals surface area contributed by atoms with E-state index >= 15 is 0 Å². The number of alkyl halides is 3. The molecule has 8 nitrogen and oxygen atoms in total. The molecule has 2 heterocycles. The predicted molar refractivity (Wildman–Crippen MR) is 118 cm³/mol. The van der Waals surface area contributed by atoms with Gasteiger partial charge in [-0.25, -0.2) is 9.78 Å². The van der Waals surface area contributed by atoms with Crippen molar-refractivity contribution in [2.45, 2.75) is 13.3 Å². The van der Waals surface area contributed by atoms with Gasteiger partial charge in [0, 0.05) is 29.8 Å². The zero-order valence-corrected chi connectivity index (χ0v) is 17.7. The Labute approximate surface area is 192 Å². The van der Waals surface area contributed by atoms with Crippen LogP contribution in [0.15, 0.2) is 79.1 Å². The number of hydrogen-bond donors (Lipinski definition) is 2. The number of carbonyl (C=O) groups is 1. The van der Waals surface area contributed by atoms with E-state index in [2.05, 4.69) is 25.3 Å². The zero-order chi connectivity index (χ0) is 24.1. The molecule has 0 unspecified atom stereocenters. The minimum Gasteiger partial charge on any atom is -0.439 e. The molecule has 4 aromatic rings. The van der Waals surface area contributed by atoms with Crippen molar-refractivity contribution in [3.8, 4) is 23.2 Å². The fraction of sp³-hybridized carbons (Fsp3) is 0.0870. The fourth-order valence-corrected chi connectivity index (χ4v) is 2.96. The van der Waals surface area contributed by atoms with Gasteiger partial charge in [0.2, 0.25) is 5.88 Å². The lowest BCUT2D eigenvalue weighted by atomic mass is 10.3. The third kappa shape index (κ3) is 6.25. The lowest BCUT2D eigenvalue weighted by molar-refractivity contribution is -0.274. The molecule has 2 amide bonds. The van der Waals surface area contributed by atoms with Gasteiger partial charge in [-0.05, 0) is 67.6 Å². The second-order valence-electron chi connectivity index (χ2n) is 6.98. The first kappa shape index (κ1) is 22.6. The molecule has 0 fully saturated rings. The highest BCUT2D eigenvalue weighted by Crippen LogP contribution is 2.25. The van der Waals surface area contributed by atoms with Crippen LogP contribution in [0, 0.1) is 6.92 Å². The zero-order valence-electron chi connectivity index (χ0n) is 17.7. The second kappa shape index (κ2) is 9.53. The molecule has 0 atom stereocenters. The van der Waals surface area contributed by atoms with Gasteiger partial charge in [-0.2, -0.15) is 4.98 Å². The van der Waals surface area contributed by atoms with Crippen LogP contribution in [0.5, 0.6) is 17.4 Å². The van der Waals surface area contributed by atoms with Crippen molar-refractivity contribution in [1.82, 2.24) is 14.5 Å². The predicted octanol–water partition coefficient (Wildman–Crippen LogP) is 5.91. The van der Waals surface area contributed by atoms with Crippen LogP contribution in [-0.2, 0) is 0 Å². The number of hydrogen-bond acceptors (Lipinski definition) is 5. The normalized spacial score (nSPS) is 11.1. The van der Waals surface area contributed by atoms with E-state index < -0.39 is 12.4 Å². The Hall–Kier alpha value is -4.54. The summed E-state index contributed by atoms with van der Waals surface area (Å²) in [5.74, 6) is 1.71. The number of halogens is 3. The molecule has 11 heteroatoms. The molecule has 4 rings (SSSR count). The molecule has 34 heavy (non-hydrogen) atoms. The van der Waals surface area contributed by atoms with Gasteiger partial charge < -0.3 is 24.7 Å². The average molecular weight is 469 g/mol. The van der Waals surface area contributed by atoms with E-state index in [1.54, 1.807) is 37.3 Å². The minimum atomic E-state index is -4.78. The summed E-state index contributed by atoms with van der Waals surface area (Å²) in [5.41, 5.74) is 0.776. The van der Waals surface area contributed by atoms with Crippen molar-refractivity contribution in [3.63, 3.8) is 0 Å². The Morgan fingerprint density at radius 3 is 2.00 bits per heavy atom. The number of carbonyl (C=O) groups excluding carboxylic acids is 1. The number of nitrogens with one attached hydrogen (secondary N) is 2. The average Bonchev–Trinajstić information content (AvgIpc) is 3.30. The SMILES string of the molecule is Cc1nc(Oc2ccc(NC(=O)Nc3ccc(OC(F)(F)F)cc3)cc2)cc(-n2cccc2)n1. The maximum Gasteiger partial charge on any atom is 0.573 e. The summed E-state index contributed by atoms with van der Waals surface area (Å²) in [6.07, 6.45) is -1.05. The molecule has 0 radical (unpaired) electrons. The lowest BCUT2D eigenvalue weighted by Gasteiger charge is -2.11. The van der Waals surface area contributed by atoms with Gasteiger partial charge in [0.1, 0.15) is 23.1 Å². The highest BCUT2D eigenvalue weighted by Gasteiger charge is 2.30. The van der Waals surface area contributed by atoms with Crippen LogP contribution in [0.3, 0.4) is 0 Å². The van der Waals surface area contributed by atoms with E-state index in [1.165, 1.54) is 12.1 Å². The summed E-state index contributed by atoms with van der Waals surface area (Å²) in [7, 11) is 0. The summed E-state index contributed by atoms with van der Waals surface area (Å²) in [6.45, 7) is 1.77. The molecule has 2 aromatic heterocycles. The minimum absolute atomic E-state index is 0.296. The number of rotatable bonds is 6. The van der Waals surface area contributed by atoms with Crippen molar-refractivity contribution >= 4 is 17.4 Å². The molecular weight excluding hydrogens is 451 g/mol. The van der Waals surface area contributed by atoms with Crippen molar-refractivity contribution in [2.24, 2.45) is 0 Å². The number of amides is 2. The maximum absolute atomic E-state index is 12.2. The van der Waals surface area contributed by atoms with Crippen LogP contribution in [0.4, 0.5) is 29.3 Å². The molecular formula is C23H18F3N5O3. The van der Waals surface area contributed by atoms with Crippen molar-refractivity contribution in [1.29, 1.82) is 0 Å². The van der Waals surface area contributed by atoms with E-state index in [0.29, 0.717) is 34.6 Å². The largest absolute Gasteiger partial charge is 0.573 e. The van der Waals surface area contributed by atoms with E-state index in [0.717, 1.165) is 12.1 Å². The van der Waals surface area contributed by atoms with E-state index in [4.69, 9.17) is 4.74 Å². The third-order valence-corrected chi connectivity index (χ3v) is 4.35. The maximum atomic E-state index is 12.2. The number of urea groups is 1. The molecule has 0 bridgehead atoms. The molecule has 2 N–H and O–H groups in total. The number of aryl methyl sites for hydroxylation is 1. The quantitative estimate of drug-likeness (QED) is 0.366. The molecule has 0 aliphatic carbocycles. The molecule has 0 saturated heterocycles. The van der Waals surface area contributed by atoms with Crippen molar-refractivity contribution < 1.29 is 27.4 Å². The number of aromatic nitrogens is 3. The van der Waals surface area contributed by atoms with Crippen LogP contribution in [0.1, 0.15) is 5.82 Å². The third-order valence-electron chi connectivity index (χ3n) is 4.35. The standard InChI is InChI=1S/C23H18F3N5O3/c1-15-27-20(31-12-2-3-13-31)14-21(28-15)33-18-8-4-16(5-9-18)29-22(32)30-17-6-10-19(11-7-17)34-23(24,25)26/h2-14H,1H3,(H2,29,30,32). The summed E-state index contributed by atoms with van der Waals surface area (Å²) in [4.78, 5) is 20.8. The highest BCUT2D eigenvalue weighted by molar-refractivity contribution is 5.99. The lowest BCUT2D eigenvalue weighted by Crippen LogP contribution is -2.19. The fourth-order valence-electron chi connectivity index (χ4n) is 2.96. The Morgan fingerprint density at radius 1 is 0.882 bits per heavy atom. The molecule has 2 aromatic carbocycles. The smallest absolute Gasteiger partial charge is 0.439 e. The van der Waals surface area contributed by atoms with Gasteiger partial charge in [0.25, 0.3) is 0 Å². The first-order valence-corrected chi connectivity index (χ1v) is 9.94. The number of benzene rings is 2. The van der Waals surface area contributed by atoms with Gasteiger partial charge in [0.05, 0.1) is 0 Å². The van der Waals surface area contributed by atoms with Crippen LogP contribution >= 0.6 is 0 Å². The van der Waals surface area contributed by atoms with Gasteiger partial charge >= 0.3 is 12.4 Å². The topological polar surface area (TPSA) is 90.3 Å². The number of nitrogens with zero attached hydrogens (tertiary/aromatic N) is 3. The highest BCUT2D eigenvalue weighted by atomic mass is 19.4. The molecule has 0 spiro atoms. The van der Waals surface area contributed by atoms with E-state index in [1.807, 2.05) is 29.1 Å². The first-order chi connectivity index (χ1) is 16.2. The molecule has 0 aliphatic heterocycles. The van der Waals surface area contributed by atoms with Gasteiger partial charge in [-0.1, -0.05) is 0 Å². The Bertz CT molecular complexity index is 1260.